The van der Waals surface area contributed by atoms with Gasteiger partial charge in [0.1, 0.15) is 25.0 Å². The fourth-order valence-electron chi connectivity index (χ4n) is 2.18. The molecule has 1 radical (unpaired) electrons. The summed E-state index contributed by atoms with van der Waals surface area (Å²) in [6.45, 7) is -0.492. The van der Waals surface area contributed by atoms with E-state index < -0.39 is 34.6 Å². The Morgan fingerprint density at radius 1 is 0.967 bits per heavy atom. The number of halogens is 3. The van der Waals surface area contributed by atoms with Crippen LogP contribution in [-0.2, 0) is 20.9 Å². The third-order valence-corrected chi connectivity index (χ3v) is 3.83. The summed E-state index contributed by atoms with van der Waals surface area (Å²) in [5, 5.41) is 2.20. The maximum Gasteiger partial charge on any atom is 0.514 e. The number of hydrogen-bond acceptors (Lipinski definition) is 6. The molecule has 0 fully saturated rings. The summed E-state index contributed by atoms with van der Waals surface area (Å²) in [5.41, 5.74) is 8.39. The first-order valence-electron chi connectivity index (χ1n) is 8.38. The van der Waals surface area contributed by atoms with Crippen molar-refractivity contribution in [1.29, 1.82) is 0 Å². The van der Waals surface area contributed by atoms with E-state index in [0.717, 1.165) is 5.56 Å². The molecule has 0 aliphatic heterocycles. The third kappa shape index (κ3) is 8.36. The molecule has 11 heteroatoms. The highest BCUT2D eigenvalue weighted by molar-refractivity contribution is 6.67. The van der Waals surface area contributed by atoms with Gasteiger partial charge in [-0.05, 0) is 23.3 Å². The number of ether oxygens (including phenoxy) is 3. The Bertz CT molecular complexity index is 872. The summed E-state index contributed by atoms with van der Waals surface area (Å²) >= 11 is 16.4. The predicted octanol–water partition coefficient (Wildman–Crippen LogP) is 4.35. The molecule has 30 heavy (non-hydrogen) atoms. The zero-order chi connectivity index (χ0) is 22.1. The fraction of sp³-hybridized carbons (Fsp3) is 0.211. The van der Waals surface area contributed by atoms with Crippen LogP contribution >= 0.6 is 34.8 Å². The van der Waals surface area contributed by atoms with Gasteiger partial charge in [-0.3, -0.25) is 10.5 Å². The number of alkyl halides is 3. The van der Waals surface area contributed by atoms with E-state index in [-0.39, 0.29) is 17.9 Å². The minimum atomic E-state index is -1.81. The molecule has 0 heterocycles. The van der Waals surface area contributed by atoms with Crippen molar-refractivity contribution in [2.75, 3.05) is 6.61 Å². The zero-order valence-electron chi connectivity index (χ0n) is 15.3. The van der Waals surface area contributed by atoms with Gasteiger partial charge in [0.15, 0.2) is 0 Å². The Morgan fingerprint density at radius 3 is 2.17 bits per heavy atom. The normalized spacial score (nSPS) is 11.8. The lowest BCUT2D eigenvalue weighted by Crippen LogP contribution is -2.36. The number of hydrogen-bond donors (Lipinski definition) is 1. The van der Waals surface area contributed by atoms with Gasteiger partial charge in [0.2, 0.25) is 3.79 Å². The molecular formula is C19H16Cl3N2O6. The number of amides is 2. The molecular weight excluding hydrogens is 459 g/mol. The van der Waals surface area contributed by atoms with Crippen molar-refractivity contribution >= 4 is 53.0 Å². The Kier molecular flexibility index (Phi) is 8.58. The Labute approximate surface area is 187 Å². The van der Waals surface area contributed by atoms with Crippen LogP contribution in [0.2, 0.25) is 0 Å². The number of rotatable bonds is 7. The predicted molar refractivity (Wildman–Crippen MR) is 109 cm³/mol. The lowest BCUT2D eigenvalue weighted by Gasteiger charge is -2.17. The van der Waals surface area contributed by atoms with Gasteiger partial charge in [-0.15, -0.1) is 0 Å². The summed E-state index contributed by atoms with van der Waals surface area (Å²) in [4.78, 5) is 35.1. The van der Waals surface area contributed by atoms with Crippen molar-refractivity contribution in [3.05, 3.63) is 65.7 Å². The molecule has 8 nitrogen and oxygen atoms in total. The molecule has 2 N–H and O–H groups in total. The average Bonchev–Trinajstić information content (AvgIpc) is 2.70. The molecule has 0 aromatic heterocycles. The SMILES string of the molecule is [NH]C(=O)C(NC(=O)OCC(Cl)(Cl)Cl)c1ccc(OC(=O)OCc2ccccc2)cc1. The van der Waals surface area contributed by atoms with Crippen molar-refractivity contribution in [2.24, 2.45) is 0 Å². The van der Waals surface area contributed by atoms with E-state index in [0.29, 0.717) is 0 Å². The molecule has 1 atom stereocenters. The lowest BCUT2D eigenvalue weighted by molar-refractivity contribution is -0.120. The van der Waals surface area contributed by atoms with Crippen LogP contribution in [0.1, 0.15) is 17.2 Å². The van der Waals surface area contributed by atoms with E-state index in [1.54, 1.807) is 12.1 Å². The molecule has 0 aliphatic rings. The molecule has 2 rings (SSSR count). The summed E-state index contributed by atoms with van der Waals surface area (Å²) < 4.78 is 12.9. The second-order valence-corrected chi connectivity index (χ2v) is 8.34. The minimum Gasteiger partial charge on any atom is -0.445 e. The summed E-state index contributed by atoms with van der Waals surface area (Å²) in [6, 6.07) is 13.3. The number of carbonyl (C=O) groups is 3. The van der Waals surface area contributed by atoms with Gasteiger partial charge in [-0.25, -0.2) is 9.59 Å². The standard InChI is InChI=1S/C19H16Cl3N2O6/c20-19(21,22)11-29-17(26)24-15(16(23)25)13-6-8-14(9-7-13)30-18(27)28-10-12-4-2-1-3-5-12/h1-9,15,23H,10-11H2,(H,24,26). The third-order valence-electron chi connectivity index (χ3n) is 3.51. The second-order valence-electron chi connectivity index (χ2n) is 5.83. The van der Waals surface area contributed by atoms with E-state index in [4.69, 9.17) is 50.0 Å². The molecule has 0 bridgehead atoms. The highest BCUT2D eigenvalue weighted by Crippen LogP contribution is 2.26. The van der Waals surface area contributed by atoms with Gasteiger partial charge < -0.3 is 19.5 Å². The molecule has 2 aromatic rings. The molecule has 2 aromatic carbocycles. The maximum atomic E-state index is 11.8. The van der Waals surface area contributed by atoms with Gasteiger partial charge in [-0.2, -0.15) is 0 Å². The molecule has 0 aliphatic carbocycles. The van der Waals surface area contributed by atoms with E-state index in [2.05, 4.69) is 10.1 Å². The van der Waals surface area contributed by atoms with Gasteiger partial charge in [0, 0.05) is 0 Å². The quantitative estimate of drug-likeness (QED) is 0.362. The highest BCUT2D eigenvalue weighted by atomic mass is 35.6. The largest absolute Gasteiger partial charge is 0.514 e. The van der Waals surface area contributed by atoms with Crippen molar-refractivity contribution in [2.45, 2.75) is 16.4 Å². The van der Waals surface area contributed by atoms with E-state index in [9.17, 15) is 14.4 Å². The molecule has 1 unspecified atom stereocenters. The Balaban J connectivity index is 1.92. The van der Waals surface area contributed by atoms with Crippen molar-refractivity contribution in [1.82, 2.24) is 11.1 Å². The Morgan fingerprint density at radius 2 is 1.60 bits per heavy atom. The van der Waals surface area contributed by atoms with Crippen LogP contribution in [0.5, 0.6) is 5.75 Å². The average molecular weight is 475 g/mol. The zero-order valence-corrected chi connectivity index (χ0v) is 17.5. The summed E-state index contributed by atoms with van der Waals surface area (Å²) in [6.07, 6.45) is -1.95. The topological polar surface area (TPSA) is 115 Å². The van der Waals surface area contributed by atoms with Gasteiger partial charge >= 0.3 is 12.2 Å². The number of nitrogens with one attached hydrogen (secondary N) is 2. The Hall–Kier alpha value is -2.68. The van der Waals surface area contributed by atoms with Crippen LogP contribution in [0.4, 0.5) is 9.59 Å². The van der Waals surface area contributed by atoms with Crippen LogP contribution < -0.4 is 15.8 Å². The second kappa shape index (κ2) is 10.9. The first-order chi connectivity index (χ1) is 14.1. The van der Waals surface area contributed by atoms with Crippen molar-refractivity contribution in [3.63, 3.8) is 0 Å². The van der Waals surface area contributed by atoms with Gasteiger partial charge in [-0.1, -0.05) is 77.3 Å². The fourth-order valence-corrected chi connectivity index (χ4v) is 2.34. The smallest absolute Gasteiger partial charge is 0.445 e. The molecule has 2 amide bonds. The van der Waals surface area contributed by atoms with Gasteiger partial charge in [0.25, 0.3) is 5.91 Å². The lowest BCUT2D eigenvalue weighted by atomic mass is 10.1. The molecule has 0 spiro atoms. The molecule has 159 valence electrons. The highest BCUT2D eigenvalue weighted by Gasteiger charge is 2.25. The monoisotopic (exact) mass is 473 g/mol. The van der Waals surface area contributed by atoms with Crippen LogP contribution in [0.3, 0.4) is 0 Å². The maximum absolute atomic E-state index is 11.8. The summed E-state index contributed by atoms with van der Waals surface area (Å²) in [5.74, 6) is -0.955. The van der Waals surface area contributed by atoms with Crippen LogP contribution in [0.25, 0.3) is 0 Å². The number of alkyl carbamates (subject to hydrolysis) is 1. The summed E-state index contributed by atoms with van der Waals surface area (Å²) in [7, 11) is 0. The van der Waals surface area contributed by atoms with Crippen LogP contribution in [0.15, 0.2) is 54.6 Å². The first kappa shape index (κ1) is 23.6. The minimum absolute atomic E-state index is 0.0490. The van der Waals surface area contributed by atoms with Crippen molar-refractivity contribution < 1.29 is 28.6 Å². The van der Waals surface area contributed by atoms with Crippen LogP contribution in [0, 0.1) is 0 Å². The number of benzene rings is 2. The molecule has 0 saturated carbocycles. The first-order valence-corrected chi connectivity index (χ1v) is 9.51. The van der Waals surface area contributed by atoms with Crippen molar-refractivity contribution in [3.8, 4) is 5.75 Å². The van der Waals surface area contributed by atoms with E-state index in [1.807, 2.05) is 18.2 Å². The van der Waals surface area contributed by atoms with Gasteiger partial charge in [0.05, 0.1) is 0 Å². The van der Waals surface area contributed by atoms with E-state index in [1.165, 1.54) is 24.3 Å². The number of carbonyl (C=O) groups excluding carboxylic acids is 3. The molecule has 0 saturated heterocycles. The van der Waals surface area contributed by atoms with Crippen LogP contribution in [-0.4, -0.2) is 28.6 Å². The van der Waals surface area contributed by atoms with E-state index >= 15 is 0 Å².